The smallest absolute Gasteiger partial charge is 0.225 e. The fraction of sp³-hybridized carbons (Fsp3) is 0.316. The summed E-state index contributed by atoms with van der Waals surface area (Å²) < 4.78 is 0. The van der Waals surface area contributed by atoms with E-state index in [9.17, 15) is 4.79 Å². The molecule has 0 bridgehead atoms. The van der Waals surface area contributed by atoms with Gasteiger partial charge in [0.2, 0.25) is 5.91 Å². The Balaban J connectivity index is 1.65. The summed E-state index contributed by atoms with van der Waals surface area (Å²) in [7, 11) is 0. The van der Waals surface area contributed by atoms with E-state index < -0.39 is 0 Å². The number of hydrogen-bond donors (Lipinski definition) is 2. The first kappa shape index (κ1) is 16.2. The van der Waals surface area contributed by atoms with E-state index in [4.69, 9.17) is 0 Å². The van der Waals surface area contributed by atoms with Crippen LogP contribution in [-0.2, 0) is 17.6 Å². The third-order valence-electron chi connectivity index (χ3n) is 3.63. The quantitative estimate of drug-likeness (QED) is 0.733. The molecule has 0 aromatic heterocycles. The van der Waals surface area contributed by atoms with Crippen molar-refractivity contribution >= 4 is 11.6 Å². The minimum absolute atomic E-state index is 0.0631. The summed E-state index contributed by atoms with van der Waals surface area (Å²) in [4.78, 5) is 12.0. The number of amides is 1. The van der Waals surface area contributed by atoms with Gasteiger partial charge in [-0.2, -0.15) is 0 Å². The van der Waals surface area contributed by atoms with Gasteiger partial charge in [0.1, 0.15) is 0 Å². The van der Waals surface area contributed by atoms with Gasteiger partial charge in [-0.1, -0.05) is 55.5 Å². The van der Waals surface area contributed by atoms with Crippen LogP contribution in [0.1, 0.15) is 24.5 Å². The molecule has 0 atom stereocenters. The van der Waals surface area contributed by atoms with Crippen LogP contribution in [0.4, 0.5) is 5.69 Å². The molecule has 2 rings (SSSR count). The average molecular weight is 296 g/mol. The minimum Gasteiger partial charge on any atom is -0.326 e. The van der Waals surface area contributed by atoms with Gasteiger partial charge in [-0.3, -0.25) is 4.79 Å². The monoisotopic (exact) mass is 296 g/mol. The summed E-state index contributed by atoms with van der Waals surface area (Å²) in [6.45, 7) is 3.69. The molecule has 3 nitrogen and oxygen atoms in total. The van der Waals surface area contributed by atoms with Crippen molar-refractivity contribution in [1.29, 1.82) is 0 Å². The third kappa shape index (κ3) is 5.34. The average Bonchev–Trinajstić information content (AvgIpc) is 2.56. The first-order chi connectivity index (χ1) is 10.8. The molecule has 2 aromatic rings. The second-order valence-corrected chi connectivity index (χ2v) is 5.29. The maximum atomic E-state index is 12.0. The highest BCUT2D eigenvalue weighted by molar-refractivity contribution is 5.91. The molecule has 0 aliphatic carbocycles. The summed E-state index contributed by atoms with van der Waals surface area (Å²) in [5, 5.41) is 6.31. The Morgan fingerprint density at radius 2 is 1.68 bits per heavy atom. The molecular weight excluding hydrogens is 272 g/mol. The number of hydrogen-bond acceptors (Lipinski definition) is 2. The largest absolute Gasteiger partial charge is 0.326 e. The molecule has 0 saturated heterocycles. The summed E-state index contributed by atoms with van der Waals surface area (Å²) in [5.41, 5.74) is 3.42. The van der Waals surface area contributed by atoms with Crippen molar-refractivity contribution in [3.05, 3.63) is 65.7 Å². The van der Waals surface area contributed by atoms with E-state index in [1.807, 2.05) is 42.5 Å². The number of rotatable bonds is 8. The molecule has 22 heavy (non-hydrogen) atoms. The third-order valence-corrected chi connectivity index (χ3v) is 3.63. The molecule has 0 fully saturated rings. The van der Waals surface area contributed by atoms with Crippen LogP contribution in [0.15, 0.2) is 54.6 Å². The summed E-state index contributed by atoms with van der Waals surface area (Å²) in [6.07, 6.45) is 2.40. The van der Waals surface area contributed by atoms with E-state index >= 15 is 0 Å². The van der Waals surface area contributed by atoms with E-state index in [-0.39, 0.29) is 5.91 Å². The van der Waals surface area contributed by atoms with Gasteiger partial charge >= 0.3 is 0 Å². The Labute approximate surface area is 132 Å². The molecule has 1 amide bonds. The van der Waals surface area contributed by atoms with Gasteiger partial charge in [0, 0.05) is 18.7 Å². The minimum atomic E-state index is 0.0631. The van der Waals surface area contributed by atoms with Crippen molar-refractivity contribution in [3.63, 3.8) is 0 Å². The molecule has 0 aliphatic heterocycles. The Hall–Kier alpha value is -2.13. The van der Waals surface area contributed by atoms with Crippen molar-refractivity contribution in [2.24, 2.45) is 0 Å². The molecule has 3 heteroatoms. The molecule has 2 aromatic carbocycles. The highest BCUT2D eigenvalue weighted by Gasteiger charge is 2.05. The topological polar surface area (TPSA) is 41.1 Å². The maximum absolute atomic E-state index is 12.0. The van der Waals surface area contributed by atoms with E-state index in [0.717, 1.165) is 25.1 Å². The van der Waals surface area contributed by atoms with E-state index in [1.165, 1.54) is 11.1 Å². The van der Waals surface area contributed by atoms with Crippen molar-refractivity contribution in [2.45, 2.75) is 26.2 Å². The SMILES string of the molecule is CCc1ccccc1NC(=O)CCNCCc1ccccc1. The van der Waals surface area contributed by atoms with Gasteiger partial charge in [0.25, 0.3) is 0 Å². The zero-order chi connectivity index (χ0) is 15.6. The lowest BCUT2D eigenvalue weighted by Crippen LogP contribution is -2.23. The Morgan fingerprint density at radius 1 is 0.955 bits per heavy atom. The van der Waals surface area contributed by atoms with E-state index in [1.54, 1.807) is 0 Å². The predicted molar refractivity (Wildman–Crippen MR) is 92.1 cm³/mol. The van der Waals surface area contributed by atoms with E-state index in [2.05, 4.69) is 29.7 Å². The number of aryl methyl sites for hydroxylation is 1. The van der Waals surface area contributed by atoms with Gasteiger partial charge in [-0.05, 0) is 36.6 Å². The van der Waals surface area contributed by atoms with Crippen LogP contribution in [-0.4, -0.2) is 19.0 Å². The lowest BCUT2D eigenvalue weighted by atomic mass is 10.1. The molecule has 0 saturated carbocycles. The maximum Gasteiger partial charge on any atom is 0.225 e. The van der Waals surface area contributed by atoms with Crippen LogP contribution >= 0.6 is 0 Å². The molecule has 0 heterocycles. The standard InChI is InChI=1S/C19H24N2O/c1-2-17-10-6-7-11-18(17)21-19(22)13-15-20-14-12-16-8-4-3-5-9-16/h3-11,20H,2,12-15H2,1H3,(H,21,22). The van der Waals surface area contributed by atoms with Gasteiger partial charge in [0.05, 0.1) is 0 Å². The zero-order valence-electron chi connectivity index (χ0n) is 13.1. The second kappa shape index (κ2) is 9.00. The summed E-state index contributed by atoms with van der Waals surface area (Å²) >= 11 is 0. The zero-order valence-corrected chi connectivity index (χ0v) is 13.1. The second-order valence-electron chi connectivity index (χ2n) is 5.29. The van der Waals surface area contributed by atoms with Crippen LogP contribution in [0.3, 0.4) is 0 Å². The van der Waals surface area contributed by atoms with Crippen LogP contribution in [0.2, 0.25) is 0 Å². The highest BCUT2D eigenvalue weighted by Crippen LogP contribution is 2.15. The lowest BCUT2D eigenvalue weighted by Gasteiger charge is -2.10. The fourth-order valence-corrected chi connectivity index (χ4v) is 2.37. The van der Waals surface area contributed by atoms with Gasteiger partial charge in [-0.25, -0.2) is 0 Å². The molecule has 0 radical (unpaired) electrons. The van der Waals surface area contributed by atoms with Crippen molar-refractivity contribution in [1.82, 2.24) is 5.32 Å². The number of carbonyl (C=O) groups excluding carboxylic acids is 1. The van der Waals surface area contributed by atoms with Gasteiger partial charge in [-0.15, -0.1) is 0 Å². The van der Waals surface area contributed by atoms with Crippen LogP contribution in [0.25, 0.3) is 0 Å². The van der Waals surface area contributed by atoms with Gasteiger partial charge < -0.3 is 10.6 Å². The van der Waals surface area contributed by atoms with Crippen molar-refractivity contribution < 1.29 is 4.79 Å². The van der Waals surface area contributed by atoms with Crippen molar-refractivity contribution in [2.75, 3.05) is 18.4 Å². The molecular formula is C19H24N2O. The lowest BCUT2D eigenvalue weighted by molar-refractivity contribution is -0.116. The fourth-order valence-electron chi connectivity index (χ4n) is 2.37. The molecule has 116 valence electrons. The number of benzene rings is 2. The molecule has 0 unspecified atom stereocenters. The number of anilines is 1. The van der Waals surface area contributed by atoms with Gasteiger partial charge in [0.15, 0.2) is 0 Å². The number of nitrogens with one attached hydrogen (secondary N) is 2. The molecule has 0 aliphatic rings. The Kier molecular flexibility index (Phi) is 6.65. The highest BCUT2D eigenvalue weighted by atomic mass is 16.1. The first-order valence-electron chi connectivity index (χ1n) is 7.92. The van der Waals surface area contributed by atoms with Crippen molar-refractivity contribution in [3.8, 4) is 0 Å². The summed E-state index contributed by atoms with van der Waals surface area (Å²) in [5.74, 6) is 0.0631. The van der Waals surface area contributed by atoms with Crippen LogP contribution in [0.5, 0.6) is 0 Å². The van der Waals surface area contributed by atoms with Crippen LogP contribution in [0, 0.1) is 0 Å². The first-order valence-corrected chi connectivity index (χ1v) is 7.92. The Morgan fingerprint density at radius 3 is 2.45 bits per heavy atom. The Bertz CT molecular complexity index is 581. The van der Waals surface area contributed by atoms with E-state index in [0.29, 0.717) is 13.0 Å². The predicted octanol–water partition coefficient (Wildman–Crippen LogP) is 3.41. The number of carbonyl (C=O) groups is 1. The number of para-hydroxylation sites is 1. The summed E-state index contributed by atoms with van der Waals surface area (Å²) in [6, 6.07) is 18.3. The van der Waals surface area contributed by atoms with Crippen LogP contribution < -0.4 is 10.6 Å². The molecule has 2 N–H and O–H groups in total. The normalized spacial score (nSPS) is 10.4. The molecule has 0 spiro atoms.